The van der Waals surface area contributed by atoms with Crippen LogP contribution in [0.15, 0.2) is 47.3 Å². The number of carboxylic acid groups (broad SMARTS) is 1. The van der Waals surface area contributed by atoms with E-state index in [9.17, 15) is 14.7 Å². The third-order valence-corrected chi connectivity index (χ3v) is 4.35. The first-order valence-electron chi connectivity index (χ1n) is 7.81. The van der Waals surface area contributed by atoms with Gasteiger partial charge in [0.05, 0.1) is 11.8 Å². The van der Waals surface area contributed by atoms with E-state index >= 15 is 0 Å². The number of ether oxygens (including phenoxy) is 1. The Balaban J connectivity index is 1.71. The fraction of sp³-hybridized carbons (Fsp3) is 0.333. The van der Waals surface area contributed by atoms with Gasteiger partial charge in [0.1, 0.15) is 12.0 Å². The van der Waals surface area contributed by atoms with Crippen molar-refractivity contribution < 1.29 is 23.8 Å². The van der Waals surface area contributed by atoms with Gasteiger partial charge in [-0.05, 0) is 25.1 Å². The molecule has 1 aromatic heterocycles. The summed E-state index contributed by atoms with van der Waals surface area (Å²) >= 11 is 0. The number of likely N-dealkylation sites (tertiary alicyclic amines) is 1. The molecule has 3 rings (SSSR count). The topological polar surface area (TPSA) is 80.0 Å². The van der Waals surface area contributed by atoms with Gasteiger partial charge < -0.3 is 19.2 Å². The Morgan fingerprint density at radius 1 is 1.17 bits per heavy atom. The molecule has 0 bridgehead atoms. The molecule has 0 spiro atoms. The number of aryl methyl sites for hydroxylation is 1. The lowest BCUT2D eigenvalue weighted by atomic mass is 9.90. The third-order valence-electron chi connectivity index (χ3n) is 4.35. The zero-order chi connectivity index (χ0) is 17.2. The highest BCUT2D eigenvalue weighted by Crippen LogP contribution is 2.30. The van der Waals surface area contributed by atoms with E-state index in [0.29, 0.717) is 24.4 Å². The molecule has 1 amide bonds. The van der Waals surface area contributed by atoms with Crippen LogP contribution in [0.3, 0.4) is 0 Å². The second-order valence-corrected chi connectivity index (χ2v) is 6.02. The molecule has 0 aliphatic carbocycles. The van der Waals surface area contributed by atoms with Gasteiger partial charge in [-0.3, -0.25) is 4.79 Å². The van der Waals surface area contributed by atoms with Crippen molar-refractivity contribution in [1.82, 2.24) is 4.90 Å². The molecule has 2 aromatic rings. The Morgan fingerprint density at radius 2 is 1.83 bits per heavy atom. The van der Waals surface area contributed by atoms with E-state index in [1.165, 1.54) is 12.5 Å². The monoisotopic (exact) mass is 329 g/mol. The number of hydrogen-bond donors (Lipinski definition) is 1. The van der Waals surface area contributed by atoms with Gasteiger partial charge in [0.15, 0.2) is 0 Å². The standard InChI is InChI=1S/C18H19NO5/c1-13-2-4-15(5-3-13)24-18(17(21)22)7-9-19(10-8-18)16(20)14-6-11-23-12-14/h2-6,11-12H,7-10H2,1H3,(H,21,22). The van der Waals surface area contributed by atoms with Gasteiger partial charge in [-0.25, -0.2) is 4.79 Å². The van der Waals surface area contributed by atoms with E-state index < -0.39 is 11.6 Å². The van der Waals surface area contributed by atoms with Gasteiger partial charge in [0, 0.05) is 25.9 Å². The lowest BCUT2D eigenvalue weighted by molar-refractivity contribution is -0.159. The molecule has 6 nitrogen and oxygen atoms in total. The SMILES string of the molecule is Cc1ccc(OC2(C(=O)O)CCN(C(=O)c3ccoc3)CC2)cc1. The van der Waals surface area contributed by atoms with Crippen molar-refractivity contribution in [2.45, 2.75) is 25.4 Å². The van der Waals surface area contributed by atoms with Crippen molar-refractivity contribution in [1.29, 1.82) is 0 Å². The quantitative estimate of drug-likeness (QED) is 0.933. The molecule has 126 valence electrons. The summed E-state index contributed by atoms with van der Waals surface area (Å²) in [6.45, 7) is 2.60. The van der Waals surface area contributed by atoms with Crippen LogP contribution >= 0.6 is 0 Å². The van der Waals surface area contributed by atoms with Crippen molar-refractivity contribution in [3.8, 4) is 5.75 Å². The summed E-state index contributed by atoms with van der Waals surface area (Å²) in [6, 6.07) is 8.89. The van der Waals surface area contributed by atoms with Crippen LogP contribution in [0.2, 0.25) is 0 Å². The van der Waals surface area contributed by atoms with Gasteiger partial charge in [0.2, 0.25) is 5.60 Å². The molecule has 24 heavy (non-hydrogen) atoms. The van der Waals surface area contributed by atoms with Crippen LogP contribution in [-0.4, -0.2) is 40.6 Å². The van der Waals surface area contributed by atoms with Crippen LogP contribution in [0.25, 0.3) is 0 Å². The van der Waals surface area contributed by atoms with Crippen LogP contribution in [0, 0.1) is 6.92 Å². The maximum absolute atomic E-state index is 12.3. The van der Waals surface area contributed by atoms with Crippen LogP contribution in [-0.2, 0) is 4.79 Å². The lowest BCUT2D eigenvalue weighted by Gasteiger charge is -2.38. The normalized spacial score (nSPS) is 16.6. The number of rotatable bonds is 4. The van der Waals surface area contributed by atoms with Gasteiger partial charge >= 0.3 is 5.97 Å². The Hall–Kier alpha value is -2.76. The molecule has 1 fully saturated rings. The fourth-order valence-electron chi connectivity index (χ4n) is 2.83. The maximum Gasteiger partial charge on any atom is 0.348 e. The molecular formula is C18H19NO5. The van der Waals surface area contributed by atoms with Gasteiger partial charge in [0.25, 0.3) is 5.91 Å². The number of amides is 1. The smallest absolute Gasteiger partial charge is 0.348 e. The molecule has 1 N–H and O–H groups in total. The minimum atomic E-state index is -1.30. The van der Waals surface area contributed by atoms with Crippen molar-refractivity contribution in [3.05, 3.63) is 54.0 Å². The fourth-order valence-corrected chi connectivity index (χ4v) is 2.83. The predicted octanol–water partition coefficient (Wildman–Crippen LogP) is 2.73. The molecule has 0 unspecified atom stereocenters. The highest BCUT2D eigenvalue weighted by Gasteiger charge is 2.45. The average Bonchev–Trinajstić information content (AvgIpc) is 3.11. The minimum absolute atomic E-state index is 0.155. The van der Waals surface area contributed by atoms with E-state index in [-0.39, 0.29) is 18.7 Å². The first-order valence-corrected chi connectivity index (χ1v) is 7.81. The number of benzene rings is 1. The number of carboxylic acids is 1. The lowest BCUT2D eigenvalue weighted by Crippen LogP contribution is -2.54. The number of piperidine rings is 1. The molecule has 6 heteroatoms. The Morgan fingerprint density at radius 3 is 2.38 bits per heavy atom. The maximum atomic E-state index is 12.3. The predicted molar refractivity (Wildman–Crippen MR) is 86.0 cm³/mol. The molecular weight excluding hydrogens is 310 g/mol. The summed E-state index contributed by atoms with van der Waals surface area (Å²) in [6.07, 6.45) is 3.31. The molecule has 2 heterocycles. The van der Waals surface area contributed by atoms with Crippen LogP contribution in [0.4, 0.5) is 0 Å². The van der Waals surface area contributed by atoms with Crippen molar-refractivity contribution in [2.75, 3.05) is 13.1 Å². The number of carbonyl (C=O) groups is 2. The number of carbonyl (C=O) groups excluding carboxylic acids is 1. The first-order chi connectivity index (χ1) is 11.5. The van der Waals surface area contributed by atoms with E-state index in [1.54, 1.807) is 23.1 Å². The molecule has 1 aliphatic heterocycles. The summed E-state index contributed by atoms with van der Waals surface area (Å²) in [5.41, 5.74) is 0.243. The Kier molecular flexibility index (Phi) is 4.29. The van der Waals surface area contributed by atoms with E-state index in [2.05, 4.69) is 0 Å². The molecule has 1 aromatic carbocycles. The molecule has 0 atom stereocenters. The average molecular weight is 329 g/mol. The van der Waals surface area contributed by atoms with Crippen molar-refractivity contribution in [3.63, 3.8) is 0 Å². The number of nitrogens with zero attached hydrogens (tertiary/aromatic N) is 1. The molecule has 0 saturated carbocycles. The second kappa shape index (κ2) is 6.39. The largest absolute Gasteiger partial charge is 0.478 e. The second-order valence-electron chi connectivity index (χ2n) is 6.02. The van der Waals surface area contributed by atoms with Gasteiger partial charge in [-0.1, -0.05) is 17.7 Å². The van der Waals surface area contributed by atoms with E-state index in [4.69, 9.17) is 9.15 Å². The van der Waals surface area contributed by atoms with Crippen LogP contribution in [0.5, 0.6) is 5.75 Å². The summed E-state index contributed by atoms with van der Waals surface area (Å²) in [5.74, 6) is -0.630. The number of furan rings is 1. The molecule has 1 saturated heterocycles. The van der Waals surface area contributed by atoms with E-state index in [0.717, 1.165) is 5.56 Å². The van der Waals surface area contributed by atoms with Gasteiger partial charge in [-0.15, -0.1) is 0 Å². The number of aliphatic carboxylic acids is 1. The Labute approximate surface area is 139 Å². The number of hydrogen-bond acceptors (Lipinski definition) is 4. The first kappa shape index (κ1) is 16.1. The molecule has 0 radical (unpaired) electrons. The summed E-state index contributed by atoms with van der Waals surface area (Å²) in [5, 5.41) is 9.67. The van der Waals surface area contributed by atoms with Crippen LogP contribution < -0.4 is 4.74 Å². The Bertz CT molecular complexity index is 712. The van der Waals surface area contributed by atoms with Crippen molar-refractivity contribution in [2.24, 2.45) is 0 Å². The third kappa shape index (κ3) is 3.13. The van der Waals surface area contributed by atoms with Crippen molar-refractivity contribution >= 4 is 11.9 Å². The highest BCUT2D eigenvalue weighted by atomic mass is 16.5. The zero-order valence-electron chi connectivity index (χ0n) is 13.4. The molecule has 1 aliphatic rings. The highest BCUT2D eigenvalue weighted by molar-refractivity contribution is 5.94. The summed E-state index contributed by atoms with van der Waals surface area (Å²) < 4.78 is 10.8. The van der Waals surface area contributed by atoms with Gasteiger partial charge in [-0.2, -0.15) is 0 Å². The minimum Gasteiger partial charge on any atom is -0.478 e. The summed E-state index contributed by atoms with van der Waals surface area (Å²) in [7, 11) is 0. The zero-order valence-corrected chi connectivity index (χ0v) is 13.4. The summed E-state index contributed by atoms with van der Waals surface area (Å²) in [4.78, 5) is 25.8. The van der Waals surface area contributed by atoms with Crippen LogP contribution in [0.1, 0.15) is 28.8 Å². The van der Waals surface area contributed by atoms with E-state index in [1.807, 2.05) is 19.1 Å².